The second-order valence-corrected chi connectivity index (χ2v) is 8.52. The van der Waals surface area contributed by atoms with Crippen LogP contribution in [0, 0.1) is 11.3 Å². The number of nitrogens with one attached hydrogen (secondary N) is 2. The number of ether oxygens (including phenoxy) is 1. The number of nitrogens with zero attached hydrogens (tertiary/aromatic N) is 1. The van der Waals surface area contributed by atoms with Crippen molar-refractivity contribution in [2.75, 3.05) is 11.9 Å². The topological polar surface area (TPSA) is 74.2 Å². The minimum absolute atomic E-state index is 0.127. The first-order valence-electron chi connectivity index (χ1n) is 9.36. The number of thiocarbonyl (C=S) groups is 1. The molecule has 2 aromatic rings. The van der Waals surface area contributed by atoms with Crippen LogP contribution in [-0.4, -0.2) is 17.6 Å². The van der Waals surface area contributed by atoms with E-state index < -0.39 is 0 Å². The third kappa shape index (κ3) is 4.70. The number of carbonyl (C=O) groups excluding carboxylic acids is 1. The van der Waals surface area contributed by atoms with Crippen molar-refractivity contribution >= 4 is 39.6 Å². The number of hydrogen-bond acceptors (Lipinski definition) is 5. The van der Waals surface area contributed by atoms with Crippen molar-refractivity contribution in [3.8, 4) is 11.8 Å². The monoisotopic (exact) mass is 413 g/mol. The molecule has 2 N–H and O–H groups in total. The summed E-state index contributed by atoms with van der Waals surface area (Å²) in [7, 11) is 0. The summed E-state index contributed by atoms with van der Waals surface area (Å²) in [5, 5.41) is 16.1. The lowest BCUT2D eigenvalue weighted by Crippen LogP contribution is -2.37. The molecule has 0 saturated carbocycles. The molecule has 1 aliphatic rings. The van der Waals surface area contributed by atoms with Gasteiger partial charge in [0.25, 0.3) is 5.91 Å². The van der Waals surface area contributed by atoms with Crippen LogP contribution in [0.4, 0.5) is 5.00 Å². The van der Waals surface area contributed by atoms with E-state index in [1.54, 1.807) is 11.3 Å². The first-order valence-corrected chi connectivity index (χ1v) is 10.6. The Hall–Kier alpha value is -2.43. The summed E-state index contributed by atoms with van der Waals surface area (Å²) in [5.41, 5.74) is 2.83. The molecule has 0 saturated heterocycles. The normalized spacial score (nSPS) is 12.8. The van der Waals surface area contributed by atoms with E-state index in [4.69, 9.17) is 17.0 Å². The Kier molecular flexibility index (Phi) is 6.65. The number of amides is 1. The van der Waals surface area contributed by atoms with Crippen LogP contribution in [0.15, 0.2) is 24.3 Å². The lowest BCUT2D eigenvalue weighted by molar-refractivity contribution is -0.121. The maximum absolute atomic E-state index is 12.2. The van der Waals surface area contributed by atoms with E-state index in [2.05, 4.69) is 30.6 Å². The molecule has 0 bridgehead atoms. The third-order valence-electron chi connectivity index (χ3n) is 4.66. The second kappa shape index (κ2) is 9.18. The van der Waals surface area contributed by atoms with Gasteiger partial charge in [-0.25, -0.2) is 0 Å². The molecule has 0 aliphatic heterocycles. The highest BCUT2D eigenvalue weighted by Gasteiger charge is 2.21. The predicted octanol–water partition coefficient (Wildman–Crippen LogP) is 4.51. The number of rotatable bonds is 5. The first kappa shape index (κ1) is 20.3. The molecular weight excluding hydrogens is 390 g/mol. The summed E-state index contributed by atoms with van der Waals surface area (Å²) in [4.78, 5) is 13.5. The molecule has 1 aliphatic carbocycles. The Balaban J connectivity index is 1.58. The van der Waals surface area contributed by atoms with E-state index >= 15 is 0 Å². The average molecular weight is 414 g/mol. The van der Waals surface area contributed by atoms with Gasteiger partial charge < -0.3 is 10.1 Å². The number of carbonyl (C=O) groups is 1. The fraction of sp³-hybridized carbons (Fsp3) is 0.381. The average Bonchev–Trinajstić information content (AvgIpc) is 3.03. The number of benzene rings is 1. The summed E-state index contributed by atoms with van der Waals surface area (Å²) in [5.74, 6) is 0.663. The van der Waals surface area contributed by atoms with E-state index in [1.165, 1.54) is 4.88 Å². The number of anilines is 1. The van der Waals surface area contributed by atoms with Gasteiger partial charge in [-0.2, -0.15) is 5.26 Å². The van der Waals surface area contributed by atoms with Gasteiger partial charge >= 0.3 is 0 Å². The molecule has 0 atom stereocenters. The quantitative estimate of drug-likeness (QED) is 0.705. The maximum Gasteiger partial charge on any atom is 0.264 e. The molecule has 3 rings (SSSR count). The summed E-state index contributed by atoms with van der Waals surface area (Å²) in [6.45, 7) is 4.03. The Bertz CT molecular complexity index is 928. The summed E-state index contributed by atoms with van der Waals surface area (Å²) in [6, 6.07) is 9.96. The van der Waals surface area contributed by atoms with Crippen LogP contribution < -0.4 is 15.4 Å². The number of nitriles is 1. The van der Waals surface area contributed by atoms with Gasteiger partial charge in [-0.3, -0.25) is 10.1 Å². The van der Waals surface area contributed by atoms with Gasteiger partial charge in [-0.15, -0.1) is 11.3 Å². The molecule has 28 heavy (non-hydrogen) atoms. The highest BCUT2D eigenvalue weighted by molar-refractivity contribution is 7.80. The predicted molar refractivity (Wildman–Crippen MR) is 116 cm³/mol. The smallest absolute Gasteiger partial charge is 0.264 e. The van der Waals surface area contributed by atoms with Gasteiger partial charge in [-0.1, -0.05) is 32.0 Å². The lowest BCUT2D eigenvalue weighted by atomic mass is 9.96. The molecule has 146 valence electrons. The van der Waals surface area contributed by atoms with Crippen LogP contribution in [0.3, 0.4) is 0 Å². The zero-order valence-electron chi connectivity index (χ0n) is 16.0. The van der Waals surface area contributed by atoms with E-state index in [-0.39, 0.29) is 17.6 Å². The van der Waals surface area contributed by atoms with Gasteiger partial charge in [0.15, 0.2) is 11.7 Å². The molecule has 1 heterocycles. The van der Waals surface area contributed by atoms with Crippen molar-refractivity contribution in [1.82, 2.24) is 5.32 Å². The van der Waals surface area contributed by atoms with Crippen molar-refractivity contribution in [3.05, 3.63) is 45.8 Å². The Morgan fingerprint density at radius 1 is 1.32 bits per heavy atom. The highest BCUT2D eigenvalue weighted by atomic mass is 32.1. The minimum atomic E-state index is -0.337. The molecule has 1 aromatic heterocycles. The standard InChI is InChI=1S/C21H23N3O2S2/c1-13(2)14-7-3-5-9-17(14)26-12-19(25)23-21(27)24-20-16(11-22)15-8-4-6-10-18(15)28-20/h3,5,7,9,13H,4,6,8,10,12H2,1-2H3,(H2,23,24,25,27). The molecule has 1 aromatic carbocycles. The van der Waals surface area contributed by atoms with Gasteiger partial charge in [0.1, 0.15) is 16.8 Å². The molecule has 0 radical (unpaired) electrons. The Morgan fingerprint density at radius 3 is 2.82 bits per heavy atom. The third-order valence-corrected chi connectivity index (χ3v) is 6.07. The van der Waals surface area contributed by atoms with E-state index in [9.17, 15) is 10.1 Å². The van der Waals surface area contributed by atoms with E-state index in [1.807, 2.05) is 24.3 Å². The minimum Gasteiger partial charge on any atom is -0.483 e. The van der Waals surface area contributed by atoms with Crippen LogP contribution >= 0.6 is 23.6 Å². The molecule has 0 fully saturated rings. The van der Waals surface area contributed by atoms with Crippen LogP contribution in [0.5, 0.6) is 5.75 Å². The van der Waals surface area contributed by atoms with Crippen LogP contribution in [0.25, 0.3) is 0 Å². The van der Waals surface area contributed by atoms with Crippen molar-refractivity contribution in [1.29, 1.82) is 5.26 Å². The number of aryl methyl sites for hydroxylation is 1. The summed E-state index contributed by atoms with van der Waals surface area (Å²) < 4.78 is 5.67. The highest BCUT2D eigenvalue weighted by Crippen LogP contribution is 2.37. The zero-order valence-corrected chi connectivity index (χ0v) is 17.6. The van der Waals surface area contributed by atoms with Gasteiger partial charge in [0.05, 0.1) is 5.56 Å². The van der Waals surface area contributed by atoms with Crippen molar-refractivity contribution in [2.45, 2.75) is 45.4 Å². The Morgan fingerprint density at radius 2 is 2.07 bits per heavy atom. The van der Waals surface area contributed by atoms with Gasteiger partial charge in [0.2, 0.25) is 0 Å². The SMILES string of the molecule is CC(C)c1ccccc1OCC(=O)NC(=S)Nc1sc2c(c1C#N)CCCC2. The molecule has 7 heteroatoms. The van der Waals surface area contributed by atoms with Crippen molar-refractivity contribution in [3.63, 3.8) is 0 Å². The zero-order chi connectivity index (χ0) is 20.1. The molecule has 0 unspecified atom stereocenters. The van der Waals surface area contributed by atoms with Gasteiger partial charge in [0, 0.05) is 4.88 Å². The summed E-state index contributed by atoms with van der Waals surface area (Å²) in [6.07, 6.45) is 4.18. The van der Waals surface area contributed by atoms with E-state index in [0.717, 1.165) is 36.8 Å². The first-order chi connectivity index (χ1) is 13.5. The van der Waals surface area contributed by atoms with Crippen molar-refractivity contribution < 1.29 is 9.53 Å². The van der Waals surface area contributed by atoms with Crippen LogP contribution in [0.1, 0.15) is 54.2 Å². The molecule has 1 amide bonds. The molecular formula is C21H23N3O2S2. The second-order valence-electron chi connectivity index (χ2n) is 7.01. The summed E-state index contributed by atoms with van der Waals surface area (Å²) >= 11 is 6.81. The molecule has 0 spiro atoms. The van der Waals surface area contributed by atoms with Gasteiger partial charge in [-0.05, 0) is 61.0 Å². The number of fused-ring (bicyclic) bond motifs is 1. The van der Waals surface area contributed by atoms with Crippen LogP contribution in [0.2, 0.25) is 0 Å². The number of thiophene rings is 1. The molecule has 5 nitrogen and oxygen atoms in total. The van der Waals surface area contributed by atoms with E-state index in [0.29, 0.717) is 22.2 Å². The van der Waals surface area contributed by atoms with Crippen molar-refractivity contribution in [2.24, 2.45) is 0 Å². The fourth-order valence-electron chi connectivity index (χ4n) is 3.30. The van der Waals surface area contributed by atoms with Crippen LogP contribution in [-0.2, 0) is 17.6 Å². The lowest BCUT2D eigenvalue weighted by Gasteiger charge is -2.14. The number of hydrogen-bond donors (Lipinski definition) is 2. The fourth-order valence-corrected chi connectivity index (χ4v) is 4.83. The maximum atomic E-state index is 12.2. The Labute approximate surface area is 174 Å². The largest absolute Gasteiger partial charge is 0.483 e. The number of para-hydroxylation sites is 1.